The molecule has 4 rings (SSSR count). The van der Waals surface area contributed by atoms with Crippen LogP contribution in [0.2, 0.25) is 0 Å². The smallest absolute Gasteiger partial charge is 0.251 e. The molecule has 38 heavy (non-hydrogen) atoms. The number of carbonyl (C=O) groups is 2. The van der Waals surface area contributed by atoms with Crippen LogP contribution in [0.1, 0.15) is 32.4 Å². The Morgan fingerprint density at radius 1 is 0.947 bits per heavy atom. The predicted octanol–water partition coefficient (Wildman–Crippen LogP) is 4.01. The van der Waals surface area contributed by atoms with Crippen LogP contribution in [-0.4, -0.2) is 42.7 Å². The highest BCUT2D eigenvalue weighted by Crippen LogP contribution is 2.30. The minimum Gasteiger partial charge on any atom is -0.508 e. The van der Waals surface area contributed by atoms with Crippen molar-refractivity contribution in [2.45, 2.75) is 38.9 Å². The van der Waals surface area contributed by atoms with Crippen molar-refractivity contribution in [2.24, 2.45) is 0 Å². The van der Waals surface area contributed by atoms with Crippen LogP contribution in [0.4, 0.5) is 14.5 Å². The number of hydrogen-bond acceptors (Lipinski definition) is 6. The molecule has 0 aliphatic rings. The summed E-state index contributed by atoms with van der Waals surface area (Å²) in [7, 11) is 0. The number of anilines is 1. The van der Waals surface area contributed by atoms with Crippen LogP contribution in [-0.2, 0) is 16.1 Å². The zero-order valence-corrected chi connectivity index (χ0v) is 21.0. The Bertz CT molecular complexity index is 1420. The van der Waals surface area contributed by atoms with Gasteiger partial charge in [-0.15, -0.1) is 10.2 Å². The summed E-state index contributed by atoms with van der Waals surface area (Å²) in [4.78, 5) is 29.6. The minimum absolute atomic E-state index is 0.0106. The van der Waals surface area contributed by atoms with Crippen molar-refractivity contribution in [3.05, 3.63) is 90.0 Å². The molecule has 0 aliphatic heterocycles. The maximum Gasteiger partial charge on any atom is 0.251 e. The highest BCUT2D eigenvalue weighted by molar-refractivity contribution is 6.01. The monoisotopic (exact) mass is 520 g/mol. The molecule has 9 nitrogen and oxygen atoms in total. The van der Waals surface area contributed by atoms with Gasteiger partial charge in [0.05, 0.1) is 0 Å². The van der Waals surface area contributed by atoms with Gasteiger partial charge >= 0.3 is 0 Å². The van der Waals surface area contributed by atoms with E-state index < -0.39 is 41.6 Å². The molecule has 0 bridgehead atoms. The summed E-state index contributed by atoms with van der Waals surface area (Å²) in [5.74, 6) is -1.82. The number of nitrogens with zero attached hydrogens (tertiary/aromatic N) is 5. The lowest BCUT2D eigenvalue weighted by Crippen LogP contribution is -2.50. The van der Waals surface area contributed by atoms with Crippen LogP contribution in [0.25, 0.3) is 11.4 Å². The Kier molecular flexibility index (Phi) is 7.47. The van der Waals surface area contributed by atoms with Crippen LogP contribution in [0.3, 0.4) is 0 Å². The van der Waals surface area contributed by atoms with E-state index in [1.54, 1.807) is 20.8 Å². The Morgan fingerprint density at radius 3 is 2.11 bits per heavy atom. The van der Waals surface area contributed by atoms with Gasteiger partial charge in [0.1, 0.15) is 30.0 Å². The zero-order valence-electron chi connectivity index (χ0n) is 21.0. The van der Waals surface area contributed by atoms with E-state index in [-0.39, 0.29) is 17.3 Å². The molecule has 0 spiro atoms. The van der Waals surface area contributed by atoms with Gasteiger partial charge in [-0.25, -0.2) is 8.78 Å². The number of benzene rings is 3. The highest BCUT2D eigenvalue weighted by atomic mass is 19.1. The molecule has 11 heteroatoms. The Labute approximate surface area is 217 Å². The first-order valence-corrected chi connectivity index (χ1v) is 11.7. The van der Waals surface area contributed by atoms with E-state index in [9.17, 15) is 23.5 Å². The fourth-order valence-corrected chi connectivity index (χ4v) is 3.77. The molecular weight excluding hydrogens is 494 g/mol. The summed E-state index contributed by atoms with van der Waals surface area (Å²) >= 11 is 0. The van der Waals surface area contributed by atoms with E-state index >= 15 is 0 Å². The second-order valence-electron chi connectivity index (χ2n) is 9.62. The van der Waals surface area contributed by atoms with Gasteiger partial charge in [-0.2, -0.15) is 4.80 Å². The van der Waals surface area contributed by atoms with Gasteiger partial charge in [0.2, 0.25) is 11.7 Å². The molecule has 0 fully saturated rings. The molecule has 2 N–H and O–H groups in total. The molecule has 1 heterocycles. The molecule has 0 radical (unpaired) electrons. The largest absolute Gasteiger partial charge is 0.508 e. The number of amides is 2. The van der Waals surface area contributed by atoms with Crippen molar-refractivity contribution in [3.63, 3.8) is 0 Å². The summed E-state index contributed by atoms with van der Waals surface area (Å²) in [5, 5.41) is 24.8. The Morgan fingerprint density at radius 2 is 1.53 bits per heavy atom. The van der Waals surface area contributed by atoms with E-state index in [0.29, 0.717) is 11.1 Å². The highest BCUT2D eigenvalue weighted by Gasteiger charge is 2.35. The van der Waals surface area contributed by atoms with Gasteiger partial charge < -0.3 is 10.4 Å². The normalized spacial score (nSPS) is 12.1. The number of halogens is 2. The summed E-state index contributed by atoms with van der Waals surface area (Å²) in [6, 6.07) is 15.4. The van der Waals surface area contributed by atoms with Crippen LogP contribution < -0.4 is 10.2 Å². The maximum atomic E-state index is 13.8. The summed E-state index contributed by atoms with van der Waals surface area (Å²) in [6.45, 7) is 5.01. The number of tetrazole rings is 1. The number of carbonyl (C=O) groups excluding carboxylic acids is 2. The van der Waals surface area contributed by atoms with Crippen molar-refractivity contribution in [1.82, 2.24) is 25.5 Å². The fourth-order valence-electron chi connectivity index (χ4n) is 3.77. The van der Waals surface area contributed by atoms with Crippen LogP contribution in [0.15, 0.2) is 72.8 Å². The quantitative estimate of drug-likeness (QED) is 0.381. The molecule has 4 aromatic rings. The molecule has 1 aromatic heterocycles. The lowest BCUT2D eigenvalue weighted by molar-refractivity contribution is -0.128. The Balaban J connectivity index is 1.73. The molecule has 1 atom stereocenters. The number of aromatic hydroxyl groups is 1. The first kappa shape index (κ1) is 26.4. The predicted molar refractivity (Wildman–Crippen MR) is 136 cm³/mol. The number of rotatable bonds is 7. The third kappa shape index (κ3) is 6.36. The summed E-state index contributed by atoms with van der Waals surface area (Å²) in [6.07, 6.45) is 0. The molecule has 3 aromatic carbocycles. The molecule has 0 saturated heterocycles. The van der Waals surface area contributed by atoms with Gasteiger partial charge in [0, 0.05) is 16.8 Å². The van der Waals surface area contributed by atoms with Crippen LogP contribution in [0.5, 0.6) is 5.75 Å². The number of hydrogen-bond donors (Lipinski definition) is 2. The number of nitrogens with one attached hydrogen (secondary N) is 1. The second-order valence-corrected chi connectivity index (χ2v) is 9.62. The third-order valence-corrected chi connectivity index (χ3v) is 5.42. The number of phenolic OH excluding ortho intramolecular Hbond substituents is 1. The van der Waals surface area contributed by atoms with Gasteiger partial charge in [-0.05, 0) is 92.2 Å². The first-order chi connectivity index (χ1) is 18.0. The van der Waals surface area contributed by atoms with E-state index in [4.69, 9.17) is 0 Å². The van der Waals surface area contributed by atoms with Crippen molar-refractivity contribution in [1.29, 1.82) is 0 Å². The molecule has 0 saturated carbocycles. The van der Waals surface area contributed by atoms with Gasteiger partial charge in [-0.3, -0.25) is 14.5 Å². The van der Waals surface area contributed by atoms with Gasteiger partial charge in [0.25, 0.3) is 5.91 Å². The van der Waals surface area contributed by atoms with Crippen molar-refractivity contribution < 1.29 is 23.5 Å². The molecule has 2 amide bonds. The van der Waals surface area contributed by atoms with E-state index in [0.717, 1.165) is 4.80 Å². The lowest BCUT2D eigenvalue weighted by atomic mass is 10.0. The average molecular weight is 521 g/mol. The van der Waals surface area contributed by atoms with Crippen LogP contribution in [0, 0.1) is 11.6 Å². The fraction of sp³-hybridized carbons (Fsp3) is 0.222. The maximum absolute atomic E-state index is 13.8. The van der Waals surface area contributed by atoms with Crippen LogP contribution >= 0.6 is 0 Å². The lowest BCUT2D eigenvalue weighted by Gasteiger charge is -2.33. The zero-order chi connectivity index (χ0) is 27.4. The van der Waals surface area contributed by atoms with Crippen molar-refractivity contribution in [2.75, 3.05) is 4.90 Å². The molecular formula is C27H26F2N6O3. The van der Waals surface area contributed by atoms with Crippen molar-refractivity contribution in [3.8, 4) is 17.1 Å². The third-order valence-electron chi connectivity index (χ3n) is 5.42. The summed E-state index contributed by atoms with van der Waals surface area (Å²) < 4.78 is 27.0. The minimum atomic E-state index is -1.17. The number of phenols is 1. The summed E-state index contributed by atoms with van der Waals surface area (Å²) in [5.41, 5.74) is 0.562. The topological polar surface area (TPSA) is 113 Å². The van der Waals surface area contributed by atoms with Crippen molar-refractivity contribution >= 4 is 17.5 Å². The Hall–Kier alpha value is -4.67. The van der Waals surface area contributed by atoms with E-state index in [1.807, 2.05) is 0 Å². The molecule has 0 unspecified atom stereocenters. The van der Waals surface area contributed by atoms with Gasteiger partial charge in [0.15, 0.2) is 0 Å². The molecule has 0 aliphatic carbocycles. The average Bonchev–Trinajstić information content (AvgIpc) is 3.31. The van der Waals surface area contributed by atoms with E-state index in [1.165, 1.54) is 77.7 Å². The standard InChI is InChI=1S/C27H26F2N6O3/c1-27(2,3)30-26(38)24(17-6-14-22(36)15-7-17)35(21-12-10-20(29)11-13-21)23(37)16-34-32-25(31-33-34)18-4-8-19(28)9-5-18/h4-15,24,36H,16H2,1-3H3,(H,30,38)/t24-/m1/s1. The number of aromatic nitrogens is 4. The van der Waals surface area contributed by atoms with Gasteiger partial charge in [-0.1, -0.05) is 12.1 Å². The SMILES string of the molecule is CC(C)(C)NC(=O)[C@@H](c1ccc(O)cc1)N(C(=O)Cn1nnc(-c2ccc(F)cc2)n1)c1ccc(F)cc1. The van der Waals surface area contributed by atoms with E-state index in [2.05, 4.69) is 20.7 Å². The molecule has 196 valence electrons. The second kappa shape index (κ2) is 10.8. The first-order valence-electron chi connectivity index (χ1n) is 11.7.